The second kappa shape index (κ2) is 7.67. The van der Waals surface area contributed by atoms with Crippen LogP contribution in [0.2, 0.25) is 0 Å². The summed E-state index contributed by atoms with van der Waals surface area (Å²) in [5.74, 6) is -2.11. The van der Waals surface area contributed by atoms with Crippen molar-refractivity contribution in [2.45, 2.75) is 20.3 Å². The molecular weight excluding hydrogens is 362 g/mol. The largest absolute Gasteiger partial charge is 0.481 e. The number of fused-ring (bicyclic) bond motifs is 1. The van der Waals surface area contributed by atoms with Crippen LogP contribution in [0, 0.1) is 19.8 Å². The number of aryl methyl sites for hydroxylation is 3. The molecule has 0 fully saturated rings. The van der Waals surface area contributed by atoms with E-state index in [1.807, 2.05) is 31.2 Å². The van der Waals surface area contributed by atoms with Crippen molar-refractivity contribution >= 4 is 23.0 Å². The maximum Gasteiger partial charge on any atom is 0.308 e. The third-order valence-corrected chi connectivity index (χ3v) is 4.60. The van der Waals surface area contributed by atoms with E-state index in [-0.39, 0.29) is 35.4 Å². The van der Waals surface area contributed by atoms with E-state index in [4.69, 9.17) is 4.42 Å². The molecule has 8 heteroatoms. The zero-order valence-electron chi connectivity index (χ0n) is 15.9. The molecule has 0 saturated carbocycles. The van der Waals surface area contributed by atoms with Gasteiger partial charge < -0.3 is 19.4 Å². The van der Waals surface area contributed by atoms with E-state index in [2.05, 4.69) is 10.3 Å². The molecule has 2 N–H and O–H groups in total. The fraction of sp³-hybridized carbons (Fsp3) is 0.300. The summed E-state index contributed by atoms with van der Waals surface area (Å²) in [6.45, 7) is 3.43. The van der Waals surface area contributed by atoms with Gasteiger partial charge in [0.05, 0.1) is 11.5 Å². The zero-order valence-corrected chi connectivity index (χ0v) is 15.9. The van der Waals surface area contributed by atoms with Crippen LogP contribution in [0.1, 0.15) is 27.2 Å². The van der Waals surface area contributed by atoms with E-state index in [1.165, 1.54) is 17.9 Å². The summed E-state index contributed by atoms with van der Waals surface area (Å²) in [5, 5.41) is 12.2. The highest BCUT2D eigenvalue weighted by molar-refractivity contribution is 6.06. The number of carbonyl (C=O) groups excluding carboxylic acids is 1. The summed E-state index contributed by atoms with van der Waals surface area (Å²) in [4.78, 5) is 40.7. The molecule has 146 valence electrons. The average molecular weight is 383 g/mol. The van der Waals surface area contributed by atoms with Crippen molar-refractivity contribution in [2.24, 2.45) is 13.0 Å². The SMILES string of the molecule is Cc1cccc(CC(CNC(=O)c2c(C)oc3ncn(C)c(=O)c23)C(=O)O)c1. The lowest BCUT2D eigenvalue weighted by Gasteiger charge is -2.14. The Morgan fingerprint density at radius 3 is 2.75 bits per heavy atom. The van der Waals surface area contributed by atoms with Gasteiger partial charge in [-0.1, -0.05) is 29.8 Å². The van der Waals surface area contributed by atoms with Gasteiger partial charge in [-0.15, -0.1) is 0 Å². The Labute approximate surface area is 160 Å². The van der Waals surface area contributed by atoms with Crippen LogP contribution in [0.25, 0.3) is 11.1 Å². The lowest BCUT2D eigenvalue weighted by Crippen LogP contribution is -2.34. The third kappa shape index (κ3) is 3.80. The maximum atomic E-state index is 12.7. The number of nitrogens with one attached hydrogen (secondary N) is 1. The molecule has 2 aromatic heterocycles. The van der Waals surface area contributed by atoms with Crippen LogP contribution in [0.3, 0.4) is 0 Å². The van der Waals surface area contributed by atoms with Crippen LogP contribution in [-0.2, 0) is 18.3 Å². The number of furan rings is 1. The molecule has 0 bridgehead atoms. The molecule has 28 heavy (non-hydrogen) atoms. The van der Waals surface area contributed by atoms with Gasteiger partial charge in [0.15, 0.2) is 0 Å². The van der Waals surface area contributed by atoms with E-state index in [0.717, 1.165) is 11.1 Å². The highest BCUT2D eigenvalue weighted by Crippen LogP contribution is 2.21. The molecule has 0 spiro atoms. The van der Waals surface area contributed by atoms with Gasteiger partial charge in [-0.05, 0) is 25.8 Å². The van der Waals surface area contributed by atoms with Crippen molar-refractivity contribution in [3.63, 3.8) is 0 Å². The fourth-order valence-electron chi connectivity index (χ4n) is 3.14. The number of aromatic nitrogens is 2. The van der Waals surface area contributed by atoms with Crippen molar-refractivity contribution in [1.82, 2.24) is 14.9 Å². The Morgan fingerprint density at radius 1 is 1.32 bits per heavy atom. The molecule has 1 aromatic carbocycles. The van der Waals surface area contributed by atoms with Crippen LogP contribution >= 0.6 is 0 Å². The number of amides is 1. The smallest absolute Gasteiger partial charge is 0.308 e. The van der Waals surface area contributed by atoms with Crippen LogP contribution in [0.15, 0.2) is 39.8 Å². The molecule has 0 aliphatic heterocycles. The molecule has 8 nitrogen and oxygen atoms in total. The molecule has 3 aromatic rings. The fourth-order valence-corrected chi connectivity index (χ4v) is 3.14. The van der Waals surface area contributed by atoms with Gasteiger partial charge in [0.1, 0.15) is 17.5 Å². The van der Waals surface area contributed by atoms with Gasteiger partial charge in [-0.3, -0.25) is 14.4 Å². The molecule has 1 unspecified atom stereocenters. The lowest BCUT2D eigenvalue weighted by molar-refractivity contribution is -0.141. The predicted octanol–water partition coefficient (Wildman–Crippen LogP) is 1.82. The number of carboxylic acid groups (broad SMARTS) is 1. The monoisotopic (exact) mass is 383 g/mol. The molecule has 1 amide bonds. The summed E-state index contributed by atoms with van der Waals surface area (Å²) in [6.07, 6.45) is 1.60. The quantitative estimate of drug-likeness (QED) is 0.671. The van der Waals surface area contributed by atoms with Crippen molar-refractivity contribution in [1.29, 1.82) is 0 Å². The summed E-state index contributed by atoms with van der Waals surface area (Å²) < 4.78 is 6.67. The minimum Gasteiger partial charge on any atom is -0.481 e. The summed E-state index contributed by atoms with van der Waals surface area (Å²) in [5.41, 5.74) is 1.68. The van der Waals surface area contributed by atoms with E-state index in [9.17, 15) is 19.5 Å². The van der Waals surface area contributed by atoms with E-state index in [1.54, 1.807) is 6.92 Å². The Hall–Kier alpha value is -3.42. The van der Waals surface area contributed by atoms with Gasteiger partial charge >= 0.3 is 5.97 Å². The number of aliphatic carboxylic acids is 1. The van der Waals surface area contributed by atoms with Gasteiger partial charge in [-0.2, -0.15) is 0 Å². The number of carboxylic acids is 1. The zero-order chi connectivity index (χ0) is 20.4. The summed E-state index contributed by atoms with van der Waals surface area (Å²) >= 11 is 0. The number of nitrogens with zero attached hydrogens (tertiary/aromatic N) is 2. The first-order valence-corrected chi connectivity index (χ1v) is 8.79. The molecule has 0 aliphatic carbocycles. The topological polar surface area (TPSA) is 114 Å². The van der Waals surface area contributed by atoms with E-state index in [0.29, 0.717) is 0 Å². The number of rotatable bonds is 6. The van der Waals surface area contributed by atoms with Gasteiger partial charge in [0.2, 0.25) is 5.71 Å². The Bertz CT molecular complexity index is 1110. The van der Waals surface area contributed by atoms with Crippen LogP contribution in [0.5, 0.6) is 0 Å². The van der Waals surface area contributed by atoms with Crippen molar-refractivity contribution < 1.29 is 19.1 Å². The number of hydrogen-bond acceptors (Lipinski definition) is 5. The number of benzene rings is 1. The van der Waals surface area contributed by atoms with Gasteiger partial charge in [0, 0.05) is 13.6 Å². The van der Waals surface area contributed by atoms with Gasteiger partial charge in [0.25, 0.3) is 11.5 Å². The second-order valence-electron chi connectivity index (χ2n) is 6.81. The first-order chi connectivity index (χ1) is 13.3. The summed E-state index contributed by atoms with van der Waals surface area (Å²) in [6, 6.07) is 7.57. The minimum atomic E-state index is -1.01. The highest BCUT2D eigenvalue weighted by Gasteiger charge is 2.25. The molecular formula is C20H21N3O5. The summed E-state index contributed by atoms with van der Waals surface area (Å²) in [7, 11) is 1.53. The number of carbonyl (C=O) groups is 2. The lowest BCUT2D eigenvalue weighted by atomic mass is 9.98. The van der Waals surface area contributed by atoms with Crippen molar-refractivity contribution in [3.05, 3.63) is 63.4 Å². The maximum absolute atomic E-state index is 12.7. The Kier molecular flexibility index (Phi) is 5.30. The number of hydrogen-bond donors (Lipinski definition) is 2. The molecule has 3 rings (SSSR count). The average Bonchev–Trinajstić information content (AvgIpc) is 2.98. The van der Waals surface area contributed by atoms with Crippen molar-refractivity contribution in [3.8, 4) is 0 Å². The molecule has 0 aliphatic rings. The Morgan fingerprint density at radius 2 is 2.07 bits per heavy atom. The van der Waals surface area contributed by atoms with E-state index < -0.39 is 23.4 Å². The predicted molar refractivity (Wildman–Crippen MR) is 102 cm³/mol. The second-order valence-corrected chi connectivity index (χ2v) is 6.81. The first-order valence-electron chi connectivity index (χ1n) is 8.79. The van der Waals surface area contributed by atoms with Crippen LogP contribution in [0.4, 0.5) is 0 Å². The van der Waals surface area contributed by atoms with Gasteiger partial charge in [-0.25, -0.2) is 4.98 Å². The molecule has 1 atom stereocenters. The Balaban J connectivity index is 1.81. The molecule has 0 saturated heterocycles. The van der Waals surface area contributed by atoms with Crippen LogP contribution < -0.4 is 10.9 Å². The highest BCUT2D eigenvalue weighted by atomic mass is 16.4. The van der Waals surface area contributed by atoms with Crippen LogP contribution in [-0.4, -0.2) is 33.1 Å². The normalized spacial score (nSPS) is 12.1. The minimum absolute atomic E-state index is 0.0746. The third-order valence-electron chi connectivity index (χ3n) is 4.60. The first kappa shape index (κ1) is 19.3. The van der Waals surface area contributed by atoms with Crippen molar-refractivity contribution in [2.75, 3.05) is 6.54 Å². The molecule has 2 heterocycles. The molecule has 0 radical (unpaired) electrons. The standard InChI is InChI=1S/C20H21N3O5/c1-11-5-4-6-13(7-11)8-14(20(26)27)9-21-17(24)15-12(2)28-18-16(15)19(25)23(3)10-22-18/h4-7,10,14H,8-9H2,1-3H3,(H,21,24)(H,26,27). The van der Waals surface area contributed by atoms with E-state index >= 15 is 0 Å².